The van der Waals surface area contributed by atoms with Gasteiger partial charge in [-0.25, -0.2) is 19.3 Å². The van der Waals surface area contributed by atoms with Crippen molar-refractivity contribution in [2.45, 2.75) is 6.61 Å². The molecule has 7 heteroatoms. The third-order valence-corrected chi connectivity index (χ3v) is 3.91. The van der Waals surface area contributed by atoms with Crippen LogP contribution < -0.4 is 5.73 Å². The van der Waals surface area contributed by atoms with E-state index in [-0.39, 0.29) is 18.4 Å². The number of fused-ring (bicyclic) bond motifs is 1. The molecule has 0 atom stereocenters. The van der Waals surface area contributed by atoms with Crippen molar-refractivity contribution in [3.8, 4) is 22.6 Å². The molecular formula is C18H14FN5O. The van der Waals surface area contributed by atoms with Gasteiger partial charge >= 0.3 is 0 Å². The van der Waals surface area contributed by atoms with Crippen molar-refractivity contribution >= 4 is 11.6 Å². The van der Waals surface area contributed by atoms with Gasteiger partial charge in [0.05, 0.1) is 23.7 Å². The van der Waals surface area contributed by atoms with E-state index in [4.69, 9.17) is 5.73 Å². The first-order chi connectivity index (χ1) is 12.2. The summed E-state index contributed by atoms with van der Waals surface area (Å²) in [6.07, 6.45) is 3.39. The second-order valence-electron chi connectivity index (χ2n) is 5.54. The van der Waals surface area contributed by atoms with Gasteiger partial charge in [-0.05, 0) is 48.0 Å². The first-order valence-corrected chi connectivity index (χ1v) is 7.62. The molecule has 0 aliphatic carbocycles. The van der Waals surface area contributed by atoms with Crippen LogP contribution in [0.15, 0.2) is 54.9 Å². The molecule has 0 unspecified atom stereocenters. The number of hydrogen-bond acceptors (Lipinski definition) is 5. The van der Waals surface area contributed by atoms with E-state index >= 15 is 0 Å². The molecule has 3 N–H and O–H groups in total. The second-order valence-corrected chi connectivity index (χ2v) is 5.54. The number of rotatable bonds is 3. The number of halogens is 1. The smallest absolute Gasteiger partial charge is 0.220 e. The summed E-state index contributed by atoms with van der Waals surface area (Å²) in [5.74, 6) is -0.160. The molecule has 0 spiro atoms. The van der Waals surface area contributed by atoms with Crippen LogP contribution in [0.1, 0.15) is 5.56 Å². The fourth-order valence-corrected chi connectivity index (χ4v) is 2.74. The van der Waals surface area contributed by atoms with E-state index in [0.717, 1.165) is 16.8 Å². The Bertz CT molecular complexity index is 1060. The highest BCUT2D eigenvalue weighted by molar-refractivity contribution is 5.80. The zero-order valence-electron chi connectivity index (χ0n) is 13.1. The van der Waals surface area contributed by atoms with E-state index < -0.39 is 0 Å². The molecule has 1 aromatic carbocycles. The first-order valence-electron chi connectivity index (χ1n) is 7.62. The van der Waals surface area contributed by atoms with Gasteiger partial charge < -0.3 is 10.8 Å². The molecule has 0 radical (unpaired) electrons. The molecule has 0 fully saturated rings. The lowest BCUT2D eigenvalue weighted by Crippen LogP contribution is -1.98. The van der Waals surface area contributed by atoms with Gasteiger partial charge in [0.2, 0.25) is 5.95 Å². The van der Waals surface area contributed by atoms with Crippen LogP contribution >= 0.6 is 0 Å². The zero-order valence-corrected chi connectivity index (χ0v) is 13.1. The average molecular weight is 335 g/mol. The Balaban J connectivity index is 2.03. The standard InChI is InChI=1S/C18H14FN5O/c19-13-3-1-12(2-4-13)16-17(14-5-7-21-18(20)22-14)24-8-6-11(10-25)9-15(24)23-16/h1-9,25H,10H2,(H2,20,21,22). The van der Waals surface area contributed by atoms with Crippen molar-refractivity contribution < 1.29 is 9.50 Å². The van der Waals surface area contributed by atoms with Crippen LogP contribution in [0.4, 0.5) is 10.3 Å². The van der Waals surface area contributed by atoms with Gasteiger partial charge in [-0.1, -0.05) is 0 Å². The van der Waals surface area contributed by atoms with Crippen LogP contribution in [0.2, 0.25) is 0 Å². The number of nitrogens with two attached hydrogens (primary N) is 1. The molecule has 25 heavy (non-hydrogen) atoms. The molecule has 0 amide bonds. The maximum atomic E-state index is 13.3. The number of nitrogens with zero attached hydrogens (tertiary/aromatic N) is 4. The molecule has 3 heterocycles. The van der Waals surface area contributed by atoms with E-state index in [0.29, 0.717) is 17.0 Å². The van der Waals surface area contributed by atoms with Crippen LogP contribution in [0.3, 0.4) is 0 Å². The molecule has 0 aliphatic heterocycles. The van der Waals surface area contributed by atoms with Gasteiger partial charge in [-0.2, -0.15) is 0 Å². The van der Waals surface area contributed by atoms with Gasteiger partial charge in [-0.15, -0.1) is 0 Å². The highest BCUT2D eigenvalue weighted by atomic mass is 19.1. The van der Waals surface area contributed by atoms with Gasteiger partial charge in [0.15, 0.2) is 0 Å². The Kier molecular flexibility index (Phi) is 3.62. The Hall–Kier alpha value is -3.32. The molecule has 0 aliphatic rings. The Morgan fingerprint density at radius 2 is 1.88 bits per heavy atom. The topological polar surface area (TPSA) is 89.3 Å². The number of anilines is 1. The van der Waals surface area contributed by atoms with Crippen molar-refractivity contribution in [3.63, 3.8) is 0 Å². The number of aliphatic hydroxyl groups excluding tert-OH is 1. The molecule has 4 aromatic rings. The summed E-state index contributed by atoms with van der Waals surface area (Å²) in [6, 6.07) is 11.4. The van der Waals surface area contributed by atoms with Gasteiger partial charge in [0.25, 0.3) is 0 Å². The van der Waals surface area contributed by atoms with E-state index in [1.165, 1.54) is 12.1 Å². The first kappa shape index (κ1) is 15.2. The van der Waals surface area contributed by atoms with E-state index in [2.05, 4.69) is 15.0 Å². The van der Waals surface area contributed by atoms with E-state index in [1.54, 1.807) is 36.5 Å². The molecule has 3 aromatic heterocycles. The summed E-state index contributed by atoms with van der Waals surface area (Å²) in [5.41, 5.74) is 9.86. The van der Waals surface area contributed by atoms with E-state index in [1.807, 2.05) is 10.6 Å². The molecular weight excluding hydrogens is 321 g/mol. The third-order valence-electron chi connectivity index (χ3n) is 3.91. The third kappa shape index (κ3) is 2.70. The molecule has 0 saturated heterocycles. The number of aliphatic hydroxyl groups is 1. The van der Waals surface area contributed by atoms with Crippen LogP contribution in [0.5, 0.6) is 0 Å². The Labute approximate surface area is 142 Å². The second kappa shape index (κ2) is 5.95. The van der Waals surface area contributed by atoms with Gasteiger partial charge in [0, 0.05) is 18.0 Å². The SMILES string of the molecule is Nc1nccc(-c2c(-c3ccc(F)cc3)nc3cc(CO)ccn23)n1. The van der Waals surface area contributed by atoms with E-state index in [9.17, 15) is 9.50 Å². The van der Waals surface area contributed by atoms with Crippen molar-refractivity contribution in [3.05, 3.63) is 66.2 Å². The molecule has 4 rings (SSSR count). The number of pyridine rings is 1. The van der Waals surface area contributed by atoms with Crippen molar-refractivity contribution in [1.82, 2.24) is 19.4 Å². The molecule has 0 saturated carbocycles. The maximum Gasteiger partial charge on any atom is 0.220 e. The lowest BCUT2D eigenvalue weighted by molar-refractivity contribution is 0.282. The quantitative estimate of drug-likeness (QED) is 0.601. The average Bonchev–Trinajstić information content (AvgIpc) is 3.00. The molecule has 124 valence electrons. The van der Waals surface area contributed by atoms with Crippen molar-refractivity contribution in [2.75, 3.05) is 5.73 Å². The fraction of sp³-hybridized carbons (Fsp3) is 0.0556. The van der Waals surface area contributed by atoms with Crippen LogP contribution in [-0.2, 0) is 6.61 Å². The summed E-state index contributed by atoms with van der Waals surface area (Å²) < 4.78 is 15.2. The summed E-state index contributed by atoms with van der Waals surface area (Å²) in [5, 5.41) is 9.36. The van der Waals surface area contributed by atoms with Crippen LogP contribution in [-0.4, -0.2) is 24.5 Å². The predicted molar refractivity (Wildman–Crippen MR) is 91.9 cm³/mol. The minimum Gasteiger partial charge on any atom is -0.392 e. The molecule has 0 bridgehead atoms. The largest absolute Gasteiger partial charge is 0.392 e. The lowest BCUT2D eigenvalue weighted by Gasteiger charge is -2.06. The van der Waals surface area contributed by atoms with Gasteiger partial charge in [0.1, 0.15) is 11.5 Å². The minimum atomic E-state index is -0.317. The highest BCUT2D eigenvalue weighted by Crippen LogP contribution is 2.32. The number of nitrogen functional groups attached to an aromatic ring is 1. The normalized spacial score (nSPS) is 11.1. The van der Waals surface area contributed by atoms with Crippen LogP contribution in [0.25, 0.3) is 28.3 Å². The number of benzene rings is 1. The summed E-state index contributed by atoms with van der Waals surface area (Å²) in [7, 11) is 0. The lowest BCUT2D eigenvalue weighted by atomic mass is 10.1. The monoisotopic (exact) mass is 335 g/mol. The Morgan fingerprint density at radius 3 is 2.60 bits per heavy atom. The molecule has 6 nitrogen and oxygen atoms in total. The van der Waals surface area contributed by atoms with Crippen LogP contribution in [0, 0.1) is 5.82 Å². The predicted octanol–water partition coefficient (Wildman–Crippen LogP) is 2.67. The summed E-state index contributed by atoms with van der Waals surface area (Å²) >= 11 is 0. The fourth-order valence-electron chi connectivity index (χ4n) is 2.74. The number of hydrogen-bond donors (Lipinski definition) is 2. The van der Waals surface area contributed by atoms with Crippen molar-refractivity contribution in [2.24, 2.45) is 0 Å². The Morgan fingerprint density at radius 1 is 1.08 bits per heavy atom. The van der Waals surface area contributed by atoms with Crippen molar-refractivity contribution in [1.29, 1.82) is 0 Å². The van der Waals surface area contributed by atoms with Gasteiger partial charge in [-0.3, -0.25) is 4.40 Å². The summed E-state index contributed by atoms with van der Waals surface area (Å²) in [4.78, 5) is 12.9. The number of imidazole rings is 1. The maximum absolute atomic E-state index is 13.3. The number of aromatic nitrogens is 4. The summed E-state index contributed by atoms with van der Waals surface area (Å²) in [6.45, 7) is -0.0783. The highest BCUT2D eigenvalue weighted by Gasteiger charge is 2.17. The zero-order chi connectivity index (χ0) is 17.4. The minimum absolute atomic E-state index is 0.0783.